The van der Waals surface area contributed by atoms with E-state index in [9.17, 15) is 12.8 Å². The zero-order chi connectivity index (χ0) is 10.9. The summed E-state index contributed by atoms with van der Waals surface area (Å²) in [5, 5.41) is 2.93. The first kappa shape index (κ1) is 10.5. The minimum absolute atomic E-state index is 0.130. The second kappa shape index (κ2) is 3.88. The van der Waals surface area contributed by atoms with Gasteiger partial charge in [-0.2, -0.15) is 0 Å². The number of sulfonamides is 1. The van der Waals surface area contributed by atoms with Crippen LogP contribution < -0.4 is 10.0 Å². The van der Waals surface area contributed by atoms with Crippen molar-refractivity contribution in [2.45, 2.75) is 10.9 Å². The third kappa shape index (κ3) is 2.17. The predicted molar refractivity (Wildman–Crippen MR) is 53.4 cm³/mol. The Kier molecular flexibility index (Phi) is 2.72. The molecule has 0 aliphatic carbocycles. The van der Waals surface area contributed by atoms with E-state index < -0.39 is 15.8 Å². The van der Waals surface area contributed by atoms with Crippen LogP contribution in [0.3, 0.4) is 0 Å². The van der Waals surface area contributed by atoms with Crippen molar-refractivity contribution in [2.75, 3.05) is 13.1 Å². The summed E-state index contributed by atoms with van der Waals surface area (Å²) in [7, 11) is -3.72. The number of rotatable bonds is 3. The summed E-state index contributed by atoms with van der Waals surface area (Å²) in [6.45, 7) is 1.18. The third-order valence-electron chi connectivity index (χ3n) is 2.23. The average molecular weight is 230 g/mol. The number of nitrogens with one attached hydrogen (secondary N) is 2. The molecule has 0 amide bonds. The number of hydrogen-bond donors (Lipinski definition) is 2. The summed E-state index contributed by atoms with van der Waals surface area (Å²) in [5.74, 6) is -0.725. The van der Waals surface area contributed by atoms with Crippen LogP contribution in [0.5, 0.6) is 0 Å². The fourth-order valence-corrected chi connectivity index (χ4v) is 2.63. The van der Waals surface area contributed by atoms with Gasteiger partial charge in [-0.15, -0.1) is 0 Å². The summed E-state index contributed by atoms with van der Waals surface area (Å²) in [6.07, 6.45) is 0. The lowest BCUT2D eigenvalue weighted by atomic mass is 10.2. The van der Waals surface area contributed by atoms with E-state index in [0.29, 0.717) is 13.1 Å². The van der Waals surface area contributed by atoms with Crippen molar-refractivity contribution in [3.63, 3.8) is 0 Å². The van der Waals surface area contributed by atoms with Crippen molar-refractivity contribution < 1.29 is 12.8 Å². The Morgan fingerprint density at radius 2 is 2.00 bits per heavy atom. The molecule has 1 saturated heterocycles. The second-order valence-corrected chi connectivity index (χ2v) is 5.09. The topological polar surface area (TPSA) is 58.2 Å². The standard InChI is InChI=1S/C9H11FN2O2S/c10-8-3-1-2-4-9(8)15(13,14)12-7-5-11-6-7/h1-4,7,11-12H,5-6H2. The van der Waals surface area contributed by atoms with Crippen molar-refractivity contribution in [2.24, 2.45) is 0 Å². The number of benzene rings is 1. The Morgan fingerprint density at radius 1 is 1.33 bits per heavy atom. The zero-order valence-corrected chi connectivity index (χ0v) is 8.72. The molecule has 1 fully saturated rings. The van der Waals surface area contributed by atoms with Gasteiger partial charge in [0.15, 0.2) is 0 Å². The van der Waals surface area contributed by atoms with Crippen molar-refractivity contribution in [1.29, 1.82) is 0 Å². The first-order valence-corrected chi connectivity index (χ1v) is 6.05. The van der Waals surface area contributed by atoms with E-state index in [1.165, 1.54) is 18.2 Å². The molecule has 1 heterocycles. The Hall–Kier alpha value is -0.980. The van der Waals surface area contributed by atoms with E-state index >= 15 is 0 Å². The Morgan fingerprint density at radius 3 is 2.53 bits per heavy atom. The molecule has 1 aliphatic heterocycles. The van der Waals surface area contributed by atoms with E-state index in [-0.39, 0.29) is 10.9 Å². The molecule has 0 bridgehead atoms. The first-order chi connectivity index (χ1) is 7.09. The Balaban J connectivity index is 2.24. The molecule has 0 aromatic heterocycles. The smallest absolute Gasteiger partial charge is 0.243 e. The molecule has 0 atom stereocenters. The van der Waals surface area contributed by atoms with E-state index in [1.54, 1.807) is 0 Å². The molecule has 1 aromatic rings. The highest BCUT2D eigenvalue weighted by molar-refractivity contribution is 7.89. The largest absolute Gasteiger partial charge is 0.313 e. The summed E-state index contributed by atoms with van der Waals surface area (Å²) >= 11 is 0. The van der Waals surface area contributed by atoms with Crippen LogP contribution in [0.2, 0.25) is 0 Å². The van der Waals surface area contributed by atoms with Crippen LogP contribution in [0.4, 0.5) is 4.39 Å². The molecule has 15 heavy (non-hydrogen) atoms. The third-order valence-corrected chi connectivity index (χ3v) is 3.78. The van der Waals surface area contributed by atoms with Crippen LogP contribution in [0.25, 0.3) is 0 Å². The van der Waals surface area contributed by atoms with E-state index in [0.717, 1.165) is 6.07 Å². The van der Waals surface area contributed by atoms with Gasteiger partial charge in [-0.1, -0.05) is 12.1 Å². The lowest BCUT2D eigenvalue weighted by Gasteiger charge is -2.27. The van der Waals surface area contributed by atoms with Gasteiger partial charge in [0.05, 0.1) is 0 Å². The van der Waals surface area contributed by atoms with Gasteiger partial charge in [0.2, 0.25) is 10.0 Å². The van der Waals surface area contributed by atoms with E-state index in [2.05, 4.69) is 10.0 Å². The van der Waals surface area contributed by atoms with Gasteiger partial charge in [0, 0.05) is 19.1 Å². The Labute approximate surface area is 87.5 Å². The molecule has 1 aliphatic rings. The van der Waals surface area contributed by atoms with Crippen molar-refractivity contribution in [1.82, 2.24) is 10.0 Å². The monoisotopic (exact) mass is 230 g/mol. The van der Waals surface area contributed by atoms with E-state index in [4.69, 9.17) is 0 Å². The summed E-state index contributed by atoms with van der Waals surface area (Å²) < 4.78 is 39.0. The minimum Gasteiger partial charge on any atom is -0.313 e. The molecule has 0 spiro atoms. The van der Waals surface area contributed by atoms with Crippen LogP contribution in [0.15, 0.2) is 29.2 Å². The van der Waals surface area contributed by atoms with Gasteiger partial charge in [-0.3, -0.25) is 0 Å². The normalized spacial score (nSPS) is 17.4. The summed E-state index contributed by atoms with van der Waals surface area (Å²) in [5.41, 5.74) is 0. The maximum atomic E-state index is 13.2. The molecule has 6 heteroatoms. The molecule has 0 radical (unpaired) electrons. The zero-order valence-electron chi connectivity index (χ0n) is 7.90. The molecule has 1 aromatic carbocycles. The van der Waals surface area contributed by atoms with Gasteiger partial charge in [-0.25, -0.2) is 17.5 Å². The predicted octanol–water partition coefficient (Wildman–Crippen LogP) is 0.0758. The molecule has 0 unspecified atom stereocenters. The van der Waals surface area contributed by atoms with Gasteiger partial charge in [0.1, 0.15) is 10.7 Å². The van der Waals surface area contributed by atoms with Crippen LogP contribution >= 0.6 is 0 Å². The lowest BCUT2D eigenvalue weighted by molar-refractivity contribution is 0.409. The number of halogens is 1. The van der Waals surface area contributed by atoms with Crippen molar-refractivity contribution in [3.05, 3.63) is 30.1 Å². The van der Waals surface area contributed by atoms with Crippen molar-refractivity contribution in [3.8, 4) is 0 Å². The average Bonchev–Trinajstić information content (AvgIpc) is 2.12. The second-order valence-electron chi connectivity index (χ2n) is 3.41. The molecule has 0 saturated carbocycles. The fraction of sp³-hybridized carbons (Fsp3) is 0.333. The molecule has 2 N–H and O–H groups in total. The summed E-state index contributed by atoms with van der Waals surface area (Å²) in [6, 6.07) is 5.21. The minimum atomic E-state index is -3.72. The van der Waals surface area contributed by atoms with Crippen LogP contribution in [0.1, 0.15) is 0 Å². The van der Waals surface area contributed by atoms with Gasteiger partial charge < -0.3 is 5.32 Å². The molecule has 4 nitrogen and oxygen atoms in total. The summed E-state index contributed by atoms with van der Waals surface area (Å²) in [4.78, 5) is -0.295. The first-order valence-electron chi connectivity index (χ1n) is 4.57. The van der Waals surface area contributed by atoms with Gasteiger partial charge >= 0.3 is 0 Å². The number of hydrogen-bond acceptors (Lipinski definition) is 3. The Bertz CT molecular complexity index is 457. The molecular formula is C9H11FN2O2S. The maximum Gasteiger partial charge on any atom is 0.243 e. The lowest BCUT2D eigenvalue weighted by Crippen LogP contribution is -2.56. The van der Waals surface area contributed by atoms with Crippen LogP contribution in [-0.4, -0.2) is 27.5 Å². The van der Waals surface area contributed by atoms with E-state index in [1.807, 2.05) is 0 Å². The van der Waals surface area contributed by atoms with Gasteiger partial charge in [-0.05, 0) is 12.1 Å². The highest BCUT2D eigenvalue weighted by atomic mass is 32.2. The fourth-order valence-electron chi connectivity index (χ4n) is 1.32. The van der Waals surface area contributed by atoms with Crippen LogP contribution in [0, 0.1) is 5.82 Å². The van der Waals surface area contributed by atoms with Gasteiger partial charge in [0.25, 0.3) is 0 Å². The SMILES string of the molecule is O=S(=O)(NC1CNC1)c1ccccc1F. The molecule has 82 valence electrons. The molecule has 2 rings (SSSR count). The van der Waals surface area contributed by atoms with Crippen molar-refractivity contribution >= 4 is 10.0 Å². The maximum absolute atomic E-state index is 13.2. The van der Waals surface area contributed by atoms with Crippen LogP contribution in [-0.2, 0) is 10.0 Å². The highest BCUT2D eigenvalue weighted by Crippen LogP contribution is 2.13. The quantitative estimate of drug-likeness (QED) is 0.773. The highest BCUT2D eigenvalue weighted by Gasteiger charge is 2.25. The molecular weight excluding hydrogens is 219 g/mol.